The van der Waals surface area contributed by atoms with Crippen molar-refractivity contribution in [3.05, 3.63) is 30.0 Å². The highest BCUT2D eigenvalue weighted by atomic mass is 16.1. The zero-order chi connectivity index (χ0) is 17.1. The van der Waals surface area contributed by atoms with Crippen molar-refractivity contribution in [2.75, 3.05) is 19.6 Å². The normalized spacial score (nSPS) is 21.3. The monoisotopic (exact) mass is 341 g/mol. The van der Waals surface area contributed by atoms with Crippen molar-refractivity contribution in [3.8, 4) is 0 Å². The number of amides is 1. The highest BCUT2D eigenvalue weighted by molar-refractivity contribution is 6.04. The molecule has 1 amide bonds. The molecule has 1 aliphatic carbocycles. The largest absolute Gasteiger partial charge is 0.344 e. The highest BCUT2D eigenvalue weighted by Gasteiger charge is 2.42. The summed E-state index contributed by atoms with van der Waals surface area (Å²) < 4.78 is 0. The van der Waals surface area contributed by atoms with Gasteiger partial charge in [-0.3, -0.25) is 9.89 Å². The second kappa shape index (κ2) is 7.16. The lowest BCUT2D eigenvalue weighted by atomic mass is 9.79. The Kier molecular flexibility index (Phi) is 4.75. The molecule has 1 saturated heterocycles. The predicted octanol–water partition coefficient (Wildman–Crippen LogP) is 2.06. The van der Waals surface area contributed by atoms with Gasteiger partial charge in [0.2, 0.25) is 0 Å². The van der Waals surface area contributed by atoms with Crippen LogP contribution < -0.4 is 10.2 Å². The molecule has 1 aromatic carbocycles. The molecule has 134 valence electrons. The van der Waals surface area contributed by atoms with Gasteiger partial charge in [0, 0.05) is 18.2 Å². The molecule has 3 N–H and O–H groups in total. The molecule has 4 rings (SSSR count). The van der Waals surface area contributed by atoms with Crippen LogP contribution in [0.4, 0.5) is 0 Å². The van der Waals surface area contributed by atoms with E-state index in [2.05, 4.69) is 15.5 Å². The number of benzene rings is 1. The second-order valence-electron chi connectivity index (χ2n) is 7.81. The van der Waals surface area contributed by atoms with E-state index in [9.17, 15) is 4.79 Å². The lowest BCUT2D eigenvalue weighted by molar-refractivity contribution is -0.957. The van der Waals surface area contributed by atoms with E-state index in [1.807, 2.05) is 24.3 Å². The first kappa shape index (κ1) is 16.6. The molecule has 0 spiro atoms. The molecule has 5 nitrogen and oxygen atoms in total. The third kappa shape index (κ3) is 3.30. The summed E-state index contributed by atoms with van der Waals surface area (Å²) in [5.74, 6) is -0.0428. The van der Waals surface area contributed by atoms with E-state index >= 15 is 0 Å². The summed E-state index contributed by atoms with van der Waals surface area (Å²) in [6, 6.07) is 7.83. The fourth-order valence-corrected chi connectivity index (χ4v) is 4.86. The molecule has 2 fully saturated rings. The zero-order valence-electron chi connectivity index (χ0n) is 14.9. The first-order valence-corrected chi connectivity index (χ1v) is 9.85. The van der Waals surface area contributed by atoms with Gasteiger partial charge in [0.05, 0.1) is 25.2 Å². The van der Waals surface area contributed by atoms with Crippen LogP contribution in [0.25, 0.3) is 10.9 Å². The number of piperidine rings is 1. The first-order chi connectivity index (χ1) is 12.3. The number of nitrogens with zero attached hydrogens (tertiary/aromatic N) is 1. The summed E-state index contributed by atoms with van der Waals surface area (Å²) in [6.07, 6.45) is 10.4. The maximum atomic E-state index is 12.8. The fraction of sp³-hybridized carbons (Fsp3) is 0.600. The molecular formula is C20H29N4O+. The Labute approximate surface area is 149 Å². The van der Waals surface area contributed by atoms with Crippen LogP contribution >= 0.6 is 0 Å². The molecule has 5 heteroatoms. The molecule has 2 aromatic rings. The maximum Gasteiger partial charge on any atom is 0.272 e. The molecule has 0 bridgehead atoms. The van der Waals surface area contributed by atoms with Crippen molar-refractivity contribution in [1.82, 2.24) is 15.5 Å². The Morgan fingerprint density at radius 3 is 2.60 bits per heavy atom. The molecule has 0 atom stereocenters. The number of carbonyl (C=O) groups excluding carboxylic acids is 1. The summed E-state index contributed by atoms with van der Waals surface area (Å²) in [7, 11) is 0. The van der Waals surface area contributed by atoms with Gasteiger partial charge in [0.15, 0.2) is 5.69 Å². The molecule has 1 aliphatic heterocycles. The number of aromatic amines is 1. The Bertz CT molecular complexity index is 726. The Morgan fingerprint density at radius 2 is 1.80 bits per heavy atom. The lowest BCUT2D eigenvalue weighted by Gasteiger charge is -2.45. The molecule has 2 aliphatic rings. The number of aromatic nitrogens is 2. The topological polar surface area (TPSA) is 62.2 Å². The summed E-state index contributed by atoms with van der Waals surface area (Å²) in [4.78, 5) is 14.5. The average Bonchev–Trinajstić information content (AvgIpc) is 3.12. The van der Waals surface area contributed by atoms with E-state index in [0.29, 0.717) is 5.69 Å². The van der Waals surface area contributed by atoms with Gasteiger partial charge in [-0.15, -0.1) is 0 Å². The van der Waals surface area contributed by atoms with Gasteiger partial charge in [-0.25, -0.2) is 0 Å². The lowest BCUT2D eigenvalue weighted by Crippen LogP contribution is -3.22. The quantitative estimate of drug-likeness (QED) is 0.797. The van der Waals surface area contributed by atoms with E-state index in [1.165, 1.54) is 64.5 Å². The number of quaternary nitrogens is 1. The van der Waals surface area contributed by atoms with Gasteiger partial charge in [0.1, 0.15) is 5.54 Å². The van der Waals surface area contributed by atoms with Crippen LogP contribution in [0.3, 0.4) is 0 Å². The van der Waals surface area contributed by atoms with Crippen molar-refractivity contribution in [3.63, 3.8) is 0 Å². The smallest absolute Gasteiger partial charge is 0.272 e. The molecule has 2 heterocycles. The number of fused-ring (bicyclic) bond motifs is 1. The van der Waals surface area contributed by atoms with Gasteiger partial charge < -0.3 is 10.2 Å². The number of hydrogen-bond donors (Lipinski definition) is 3. The summed E-state index contributed by atoms with van der Waals surface area (Å²) in [6.45, 7) is 3.31. The van der Waals surface area contributed by atoms with Crippen LogP contribution in [0.2, 0.25) is 0 Å². The van der Waals surface area contributed by atoms with Crippen LogP contribution in [0, 0.1) is 0 Å². The summed E-state index contributed by atoms with van der Waals surface area (Å²) >= 11 is 0. The first-order valence-electron chi connectivity index (χ1n) is 9.85. The van der Waals surface area contributed by atoms with Crippen LogP contribution in [-0.4, -0.2) is 41.3 Å². The van der Waals surface area contributed by atoms with Gasteiger partial charge in [-0.2, -0.15) is 5.10 Å². The molecule has 0 radical (unpaired) electrons. The maximum absolute atomic E-state index is 12.8. The minimum absolute atomic E-state index is 0.0428. The van der Waals surface area contributed by atoms with Crippen molar-refractivity contribution in [2.24, 2.45) is 0 Å². The van der Waals surface area contributed by atoms with Gasteiger partial charge >= 0.3 is 0 Å². The van der Waals surface area contributed by atoms with Crippen molar-refractivity contribution >= 4 is 16.8 Å². The summed E-state index contributed by atoms with van der Waals surface area (Å²) in [5.41, 5.74) is 1.68. The zero-order valence-corrected chi connectivity index (χ0v) is 14.9. The number of likely N-dealkylation sites (tertiary alicyclic amines) is 1. The SMILES string of the molecule is O=C(NCC1([NH+]2CCCCC2)CCCCC1)c1n[nH]c2ccccc12. The molecule has 25 heavy (non-hydrogen) atoms. The third-order valence-electron chi connectivity index (χ3n) is 6.29. The number of nitrogens with one attached hydrogen (secondary N) is 3. The summed E-state index contributed by atoms with van der Waals surface area (Å²) in [5, 5.41) is 11.4. The second-order valence-corrected chi connectivity index (χ2v) is 7.81. The molecule has 0 unspecified atom stereocenters. The molecule has 1 aromatic heterocycles. The van der Waals surface area contributed by atoms with Crippen molar-refractivity contribution < 1.29 is 9.69 Å². The number of carbonyl (C=O) groups is 1. The van der Waals surface area contributed by atoms with E-state index in [1.54, 1.807) is 4.90 Å². The van der Waals surface area contributed by atoms with E-state index in [4.69, 9.17) is 0 Å². The third-order valence-corrected chi connectivity index (χ3v) is 6.29. The van der Waals surface area contributed by atoms with E-state index in [0.717, 1.165) is 17.4 Å². The van der Waals surface area contributed by atoms with Crippen molar-refractivity contribution in [2.45, 2.75) is 56.9 Å². The molecule has 1 saturated carbocycles. The Balaban J connectivity index is 1.49. The number of H-pyrrole nitrogens is 1. The standard InChI is InChI=1S/C20H28N4O/c25-19(18-16-9-3-4-10-17(16)22-23-18)21-15-20(11-5-1-6-12-20)24-13-7-2-8-14-24/h3-4,9-10H,1-2,5-8,11-15H2,(H,21,25)(H,22,23)/p+1. The predicted molar refractivity (Wildman–Crippen MR) is 98.8 cm³/mol. The fourth-order valence-electron chi connectivity index (χ4n) is 4.86. The highest BCUT2D eigenvalue weighted by Crippen LogP contribution is 2.26. The van der Waals surface area contributed by atoms with Gasteiger partial charge in [0.25, 0.3) is 5.91 Å². The van der Waals surface area contributed by atoms with E-state index in [-0.39, 0.29) is 11.4 Å². The minimum atomic E-state index is -0.0428. The van der Waals surface area contributed by atoms with Crippen LogP contribution in [0.1, 0.15) is 61.9 Å². The number of hydrogen-bond acceptors (Lipinski definition) is 2. The van der Waals surface area contributed by atoms with Crippen LogP contribution in [0.15, 0.2) is 24.3 Å². The minimum Gasteiger partial charge on any atom is -0.344 e. The molecular weight excluding hydrogens is 312 g/mol. The van der Waals surface area contributed by atoms with Crippen LogP contribution in [-0.2, 0) is 0 Å². The average molecular weight is 341 g/mol. The number of para-hydroxylation sites is 1. The van der Waals surface area contributed by atoms with Crippen molar-refractivity contribution in [1.29, 1.82) is 0 Å². The van der Waals surface area contributed by atoms with E-state index < -0.39 is 0 Å². The van der Waals surface area contributed by atoms with Gasteiger partial charge in [-0.1, -0.05) is 24.6 Å². The Morgan fingerprint density at radius 1 is 1.08 bits per heavy atom. The Hall–Kier alpha value is -1.88. The van der Waals surface area contributed by atoms with Gasteiger partial charge in [-0.05, 0) is 38.2 Å². The number of rotatable bonds is 4. The van der Waals surface area contributed by atoms with Crippen LogP contribution in [0.5, 0.6) is 0 Å².